The predicted molar refractivity (Wildman–Crippen MR) is 104 cm³/mol. The number of sulfonamides is 1. The van der Waals surface area contributed by atoms with Gasteiger partial charge in [0.2, 0.25) is 0 Å². The topological polar surface area (TPSA) is 93.2 Å². The fraction of sp³-hybridized carbons (Fsp3) is 0.0625. The molecule has 1 aromatic heterocycles. The molecule has 3 aromatic rings. The van der Waals surface area contributed by atoms with E-state index in [1.165, 1.54) is 53.9 Å². The normalized spacial score (nSPS) is 12.0. The van der Waals surface area contributed by atoms with Crippen LogP contribution < -0.4 is 4.72 Å². The first-order valence-corrected chi connectivity index (χ1v) is 12.1. The second kappa shape index (κ2) is 7.47. The number of hydrogen-bond donors (Lipinski definition) is 1. The summed E-state index contributed by atoms with van der Waals surface area (Å²) in [5, 5.41) is 1.93. The Balaban J connectivity index is 1.78. The van der Waals surface area contributed by atoms with Crippen LogP contribution in [0.4, 0.5) is 5.13 Å². The smallest absolute Gasteiger partial charge is 0.255 e. The van der Waals surface area contributed by atoms with Gasteiger partial charge in [-0.15, -0.1) is 11.3 Å². The van der Waals surface area contributed by atoms with Crippen LogP contribution in [0.2, 0.25) is 0 Å². The average Bonchev–Trinajstić information content (AvgIpc) is 3.07. The summed E-state index contributed by atoms with van der Waals surface area (Å²) in [6, 6.07) is 12.1. The Bertz CT molecular complexity index is 1090. The number of nitrogens with zero attached hydrogens (tertiary/aromatic N) is 1. The highest BCUT2D eigenvalue weighted by Crippen LogP contribution is 2.21. The third-order valence-corrected chi connectivity index (χ3v) is 7.82. The highest BCUT2D eigenvalue weighted by molar-refractivity contribution is 9.10. The van der Waals surface area contributed by atoms with Gasteiger partial charge in [-0.3, -0.25) is 4.72 Å². The van der Waals surface area contributed by atoms with E-state index in [1.54, 1.807) is 17.5 Å². The molecule has 0 atom stereocenters. The molecule has 10 heteroatoms. The number of halogens is 1. The summed E-state index contributed by atoms with van der Waals surface area (Å²) >= 11 is 4.44. The third kappa shape index (κ3) is 4.50. The fourth-order valence-corrected chi connectivity index (χ4v) is 5.56. The fourth-order valence-electron chi connectivity index (χ4n) is 2.16. The Morgan fingerprint density at radius 3 is 2.12 bits per heavy atom. The molecule has 0 spiro atoms. The summed E-state index contributed by atoms with van der Waals surface area (Å²) in [6.07, 6.45) is 1.50. The summed E-state index contributed by atoms with van der Waals surface area (Å²) in [7, 11) is -7.27. The van der Waals surface area contributed by atoms with Gasteiger partial charge in [0.1, 0.15) is 0 Å². The van der Waals surface area contributed by atoms with Gasteiger partial charge in [0, 0.05) is 16.0 Å². The summed E-state index contributed by atoms with van der Waals surface area (Å²) < 4.78 is 52.6. The molecular weight excluding hydrogens is 460 g/mol. The van der Waals surface area contributed by atoms with Crippen LogP contribution in [-0.4, -0.2) is 21.8 Å². The lowest BCUT2D eigenvalue weighted by atomic mass is 10.2. The van der Waals surface area contributed by atoms with Crippen molar-refractivity contribution in [3.8, 4) is 0 Å². The zero-order chi connectivity index (χ0) is 18.8. The molecule has 0 aliphatic rings. The molecule has 0 bridgehead atoms. The van der Waals surface area contributed by atoms with E-state index in [0.717, 1.165) is 4.47 Å². The maximum Gasteiger partial charge on any atom is 0.263 e. The Morgan fingerprint density at radius 2 is 1.54 bits per heavy atom. The van der Waals surface area contributed by atoms with Crippen LogP contribution in [0.3, 0.4) is 0 Å². The Kier molecular flexibility index (Phi) is 5.47. The van der Waals surface area contributed by atoms with Gasteiger partial charge in [0.15, 0.2) is 15.0 Å². The highest BCUT2D eigenvalue weighted by atomic mass is 79.9. The molecule has 0 aliphatic heterocycles. The van der Waals surface area contributed by atoms with Gasteiger partial charge in [0.25, 0.3) is 10.0 Å². The molecule has 0 radical (unpaired) electrons. The first kappa shape index (κ1) is 19.0. The van der Waals surface area contributed by atoms with Crippen LogP contribution in [0.5, 0.6) is 0 Å². The van der Waals surface area contributed by atoms with Gasteiger partial charge in [-0.05, 0) is 42.0 Å². The van der Waals surface area contributed by atoms with E-state index in [0.29, 0.717) is 5.56 Å². The van der Waals surface area contributed by atoms with E-state index in [9.17, 15) is 16.8 Å². The maximum absolute atomic E-state index is 12.5. The molecule has 2 aromatic carbocycles. The Labute approximate surface area is 164 Å². The van der Waals surface area contributed by atoms with Gasteiger partial charge in [-0.1, -0.05) is 28.1 Å². The van der Waals surface area contributed by atoms with Crippen molar-refractivity contribution in [1.82, 2.24) is 4.98 Å². The number of benzene rings is 2. The molecule has 0 amide bonds. The van der Waals surface area contributed by atoms with Crippen LogP contribution in [0.15, 0.2) is 74.4 Å². The SMILES string of the molecule is O=S(=O)(Cc1ccc(S(=O)(=O)Nc2nccs2)cc1)c1ccc(Br)cc1. The molecule has 6 nitrogen and oxygen atoms in total. The molecule has 136 valence electrons. The van der Waals surface area contributed by atoms with Gasteiger partial charge < -0.3 is 0 Å². The first-order chi connectivity index (χ1) is 12.3. The minimum Gasteiger partial charge on any atom is -0.255 e. The van der Waals surface area contributed by atoms with Crippen LogP contribution >= 0.6 is 27.3 Å². The standard InChI is InChI=1S/C16H13BrN2O4S3/c17-13-3-7-14(8-4-13)25(20,21)11-12-1-5-15(6-2-12)26(22,23)19-16-18-9-10-24-16/h1-10H,11H2,(H,18,19). The summed E-state index contributed by atoms with van der Waals surface area (Å²) in [6.45, 7) is 0. The number of rotatable bonds is 6. The minimum atomic E-state index is -3.76. The number of aromatic nitrogens is 1. The van der Waals surface area contributed by atoms with E-state index >= 15 is 0 Å². The monoisotopic (exact) mass is 472 g/mol. The van der Waals surface area contributed by atoms with Gasteiger partial charge in [0.05, 0.1) is 15.5 Å². The van der Waals surface area contributed by atoms with Gasteiger partial charge in [-0.2, -0.15) is 0 Å². The summed E-state index contributed by atoms with van der Waals surface area (Å²) in [4.78, 5) is 4.13. The van der Waals surface area contributed by atoms with Crippen LogP contribution in [-0.2, 0) is 25.6 Å². The van der Waals surface area contributed by atoms with Crippen LogP contribution in [0.1, 0.15) is 5.56 Å². The van der Waals surface area contributed by atoms with Crippen molar-refractivity contribution in [3.05, 3.63) is 70.1 Å². The number of thiazole rings is 1. The summed E-state index contributed by atoms with van der Waals surface area (Å²) in [5.41, 5.74) is 0.501. The van der Waals surface area contributed by atoms with Crippen molar-refractivity contribution in [2.24, 2.45) is 0 Å². The minimum absolute atomic E-state index is 0.0393. The molecule has 3 rings (SSSR count). The predicted octanol–water partition coefficient (Wildman–Crippen LogP) is 3.68. The van der Waals surface area contributed by atoms with Crippen molar-refractivity contribution < 1.29 is 16.8 Å². The molecule has 0 unspecified atom stereocenters. The largest absolute Gasteiger partial charge is 0.263 e. The summed E-state index contributed by atoms with van der Waals surface area (Å²) in [5.74, 6) is -0.213. The number of anilines is 1. The molecule has 0 fully saturated rings. The van der Waals surface area contributed by atoms with Crippen molar-refractivity contribution in [2.45, 2.75) is 15.5 Å². The van der Waals surface area contributed by atoms with Gasteiger partial charge in [-0.25, -0.2) is 21.8 Å². The second-order valence-electron chi connectivity index (χ2n) is 5.30. The van der Waals surface area contributed by atoms with Crippen molar-refractivity contribution >= 4 is 52.3 Å². The lowest BCUT2D eigenvalue weighted by molar-refractivity contribution is 0.595. The molecule has 1 N–H and O–H groups in total. The number of sulfone groups is 1. The Hall–Kier alpha value is -1.75. The lowest BCUT2D eigenvalue weighted by Crippen LogP contribution is -2.13. The quantitative estimate of drug-likeness (QED) is 0.590. The van der Waals surface area contributed by atoms with Crippen molar-refractivity contribution in [3.63, 3.8) is 0 Å². The number of nitrogens with one attached hydrogen (secondary N) is 1. The second-order valence-corrected chi connectivity index (χ2v) is 10.8. The van der Waals surface area contributed by atoms with E-state index in [4.69, 9.17) is 0 Å². The van der Waals surface area contributed by atoms with E-state index < -0.39 is 19.9 Å². The zero-order valence-corrected chi connectivity index (χ0v) is 17.2. The van der Waals surface area contributed by atoms with E-state index in [2.05, 4.69) is 25.6 Å². The average molecular weight is 473 g/mol. The molecule has 0 aliphatic carbocycles. The molecule has 26 heavy (non-hydrogen) atoms. The third-order valence-electron chi connectivity index (χ3n) is 3.42. The van der Waals surface area contributed by atoms with Crippen LogP contribution in [0.25, 0.3) is 0 Å². The van der Waals surface area contributed by atoms with Gasteiger partial charge >= 0.3 is 0 Å². The maximum atomic E-state index is 12.5. The van der Waals surface area contributed by atoms with Crippen molar-refractivity contribution in [1.29, 1.82) is 0 Å². The highest BCUT2D eigenvalue weighted by Gasteiger charge is 2.18. The molecule has 0 saturated carbocycles. The Morgan fingerprint density at radius 1 is 0.923 bits per heavy atom. The zero-order valence-electron chi connectivity index (χ0n) is 13.2. The van der Waals surface area contributed by atoms with Crippen LogP contribution in [0, 0.1) is 0 Å². The van der Waals surface area contributed by atoms with E-state index in [1.807, 2.05) is 0 Å². The van der Waals surface area contributed by atoms with E-state index in [-0.39, 0.29) is 20.7 Å². The molecule has 0 saturated heterocycles. The molecular formula is C16H13BrN2O4S3. The molecule has 1 heterocycles. The first-order valence-electron chi connectivity index (χ1n) is 7.26. The number of hydrogen-bond acceptors (Lipinski definition) is 6. The van der Waals surface area contributed by atoms with Crippen molar-refractivity contribution in [2.75, 3.05) is 4.72 Å². The lowest BCUT2D eigenvalue weighted by Gasteiger charge is -2.08.